The molecule has 8 aromatic rings. The summed E-state index contributed by atoms with van der Waals surface area (Å²) in [6.07, 6.45) is -0.366. The monoisotopic (exact) mass is 577 g/mol. The number of nitrogens with zero attached hydrogens (tertiary/aromatic N) is 2. The molecule has 212 valence electrons. The number of aliphatic imine (C=N–C) groups is 2. The second kappa shape index (κ2) is 10.3. The molecule has 0 amide bonds. The normalized spacial score (nSPS) is 14.9. The van der Waals surface area contributed by atoms with Gasteiger partial charge in [-0.3, -0.25) is 0 Å². The quantitative estimate of drug-likeness (QED) is 0.212. The maximum absolute atomic E-state index is 6.45. The topological polar surface area (TPSA) is 49.9 Å². The SMILES string of the molecule is c1ccc(C2=NC(c3cccc4oc5cc(-c6ccccc6)ccc5c34)NC(c3ccc4ccc5ccccc5c4c3)=N2)cc1. The highest BCUT2D eigenvalue weighted by atomic mass is 16.3. The van der Waals surface area contributed by atoms with Crippen molar-refractivity contribution in [1.29, 1.82) is 0 Å². The number of furan rings is 1. The molecular formula is C41H27N3O. The Balaban J connectivity index is 1.20. The van der Waals surface area contributed by atoms with E-state index in [-0.39, 0.29) is 6.17 Å². The van der Waals surface area contributed by atoms with Crippen LogP contribution in [0.25, 0.3) is 54.6 Å². The molecule has 0 spiro atoms. The highest BCUT2D eigenvalue weighted by molar-refractivity contribution is 6.16. The van der Waals surface area contributed by atoms with Gasteiger partial charge in [-0.05, 0) is 56.9 Å². The van der Waals surface area contributed by atoms with Crippen molar-refractivity contribution in [2.45, 2.75) is 6.17 Å². The average molecular weight is 578 g/mol. The lowest BCUT2D eigenvalue weighted by Gasteiger charge is -2.24. The molecule has 1 atom stereocenters. The van der Waals surface area contributed by atoms with Crippen LogP contribution in [0.5, 0.6) is 0 Å². The summed E-state index contributed by atoms with van der Waals surface area (Å²) in [5.74, 6) is 1.49. The molecule has 0 fully saturated rings. The predicted molar refractivity (Wildman–Crippen MR) is 186 cm³/mol. The van der Waals surface area contributed by atoms with E-state index in [2.05, 4.69) is 121 Å². The van der Waals surface area contributed by atoms with Crippen molar-refractivity contribution in [3.05, 3.63) is 168 Å². The molecule has 1 aliphatic heterocycles. The summed E-state index contributed by atoms with van der Waals surface area (Å²) in [6, 6.07) is 52.8. The van der Waals surface area contributed by atoms with Crippen LogP contribution in [-0.4, -0.2) is 11.7 Å². The fourth-order valence-electron chi connectivity index (χ4n) is 6.51. The van der Waals surface area contributed by atoms with Gasteiger partial charge < -0.3 is 9.73 Å². The molecule has 1 aliphatic rings. The van der Waals surface area contributed by atoms with E-state index < -0.39 is 0 Å². The van der Waals surface area contributed by atoms with Gasteiger partial charge >= 0.3 is 0 Å². The van der Waals surface area contributed by atoms with Crippen molar-refractivity contribution in [1.82, 2.24) is 5.32 Å². The van der Waals surface area contributed by atoms with Crippen LogP contribution < -0.4 is 5.32 Å². The van der Waals surface area contributed by atoms with Crippen molar-refractivity contribution in [2.24, 2.45) is 9.98 Å². The Labute approximate surface area is 260 Å². The van der Waals surface area contributed by atoms with Gasteiger partial charge in [0.25, 0.3) is 0 Å². The lowest BCUT2D eigenvalue weighted by atomic mass is 9.98. The van der Waals surface area contributed by atoms with E-state index in [1.807, 2.05) is 36.4 Å². The number of hydrogen-bond donors (Lipinski definition) is 1. The lowest BCUT2D eigenvalue weighted by molar-refractivity contribution is 0.662. The Morgan fingerprint density at radius 1 is 0.489 bits per heavy atom. The van der Waals surface area contributed by atoms with Gasteiger partial charge in [0.1, 0.15) is 23.2 Å². The minimum atomic E-state index is -0.366. The van der Waals surface area contributed by atoms with E-state index in [1.165, 1.54) is 21.5 Å². The molecule has 1 N–H and O–H groups in total. The lowest BCUT2D eigenvalue weighted by Crippen LogP contribution is -2.33. The molecule has 4 nitrogen and oxygen atoms in total. The Hall–Kier alpha value is -6.00. The summed E-state index contributed by atoms with van der Waals surface area (Å²) >= 11 is 0. The summed E-state index contributed by atoms with van der Waals surface area (Å²) in [4.78, 5) is 10.3. The largest absolute Gasteiger partial charge is 0.456 e. The van der Waals surface area contributed by atoms with Gasteiger partial charge in [0, 0.05) is 27.5 Å². The molecule has 0 aliphatic carbocycles. The van der Waals surface area contributed by atoms with E-state index in [9.17, 15) is 0 Å². The number of benzene rings is 7. The molecule has 9 rings (SSSR count). The smallest absolute Gasteiger partial charge is 0.159 e. The van der Waals surface area contributed by atoms with Gasteiger partial charge in [-0.2, -0.15) is 0 Å². The molecule has 7 aromatic carbocycles. The highest BCUT2D eigenvalue weighted by Crippen LogP contribution is 2.37. The molecule has 0 saturated heterocycles. The maximum atomic E-state index is 6.45. The Morgan fingerprint density at radius 3 is 2.04 bits per heavy atom. The molecular weight excluding hydrogens is 550 g/mol. The van der Waals surface area contributed by atoms with Crippen LogP contribution in [0.15, 0.2) is 166 Å². The number of hydrogen-bond acceptors (Lipinski definition) is 4. The zero-order valence-corrected chi connectivity index (χ0v) is 24.3. The minimum Gasteiger partial charge on any atom is -0.456 e. The zero-order valence-electron chi connectivity index (χ0n) is 24.3. The fraction of sp³-hybridized carbons (Fsp3) is 0.0244. The van der Waals surface area contributed by atoms with Crippen LogP contribution in [0.2, 0.25) is 0 Å². The molecule has 45 heavy (non-hydrogen) atoms. The summed E-state index contributed by atoms with van der Waals surface area (Å²) in [7, 11) is 0. The van der Waals surface area contributed by atoms with Crippen LogP contribution in [0.4, 0.5) is 0 Å². The van der Waals surface area contributed by atoms with Gasteiger partial charge in [-0.15, -0.1) is 0 Å². The second-order valence-corrected chi connectivity index (χ2v) is 11.4. The fourth-order valence-corrected chi connectivity index (χ4v) is 6.51. The number of amidine groups is 2. The van der Waals surface area contributed by atoms with Crippen molar-refractivity contribution in [3.63, 3.8) is 0 Å². The van der Waals surface area contributed by atoms with E-state index in [4.69, 9.17) is 14.4 Å². The third kappa shape index (κ3) is 4.38. The van der Waals surface area contributed by atoms with E-state index >= 15 is 0 Å². The number of nitrogens with one attached hydrogen (secondary N) is 1. The number of rotatable bonds is 4. The summed E-state index contributed by atoms with van der Waals surface area (Å²) in [6.45, 7) is 0. The van der Waals surface area contributed by atoms with Gasteiger partial charge in [0.05, 0.1) is 0 Å². The van der Waals surface area contributed by atoms with Gasteiger partial charge in [0.15, 0.2) is 5.84 Å². The molecule has 0 bridgehead atoms. The molecule has 0 saturated carbocycles. The average Bonchev–Trinajstić information content (AvgIpc) is 3.50. The van der Waals surface area contributed by atoms with Crippen LogP contribution >= 0.6 is 0 Å². The Kier molecular flexibility index (Phi) is 5.85. The van der Waals surface area contributed by atoms with Crippen LogP contribution in [0, 0.1) is 0 Å². The maximum Gasteiger partial charge on any atom is 0.159 e. The van der Waals surface area contributed by atoms with E-state index in [0.717, 1.165) is 55.6 Å². The first-order valence-corrected chi connectivity index (χ1v) is 15.2. The van der Waals surface area contributed by atoms with Gasteiger partial charge in [-0.25, -0.2) is 9.98 Å². The Morgan fingerprint density at radius 2 is 1.20 bits per heavy atom. The van der Waals surface area contributed by atoms with Crippen LogP contribution in [0.1, 0.15) is 22.9 Å². The zero-order chi connectivity index (χ0) is 29.7. The summed E-state index contributed by atoms with van der Waals surface area (Å²) in [5.41, 5.74) is 7.03. The van der Waals surface area contributed by atoms with Gasteiger partial charge in [0.2, 0.25) is 0 Å². The molecule has 1 aromatic heterocycles. The second-order valence-electron chi connectivity index (χ2n) is 11.4. The predicted octanol–water partition coefficient (Wildman–Crippen LogP) is 10.1. The van der Waals surface area contributed by atoms with E-state index in [1.54, 1.807) is 0 Å². The highest BCUT2D eigenvalue weighted by Gasteiger charge is 2.25. The van der Waals surface area contributed by atoms with Crippen molar-refractivity contribution in [2.75, 3.05) is 0 Å². The third-order valence-electron chi connectivity index (χ3n) is 8.73. The Bertz CT molecular complexity index is 2460. The first kappa shape index (κ1) is 25.5. The molecule has 0 radical (unpaired) electrons. The first-order chi connectivity index (χ1) is 22.3. The molecule has 2 heterocycles. The third-order valence-corrected chi connectivity index (χ3v) is 8.73. The molecule has 1 unspecified atom stereocenters. The van der Waals surface area contributed by atoms with Crippen LogP contribution in [0.3, 0.4) is 0 Å². The van der Waals surface area contributed by atoms with Gasteiger partial charge in [-0.1, -0.05) is 127 Å². The minimum absolute atomic E-state index is 0.366. The summed E-state index contributed by atoms with van der Waals surface area (Å²) < 4.78 is 6.45. The standard InChI is InChI=1S/C41H27N3O/c1-3-10-26(11-4-1)30-22-23-33-37(25-30)45-36-17-9-16-34(38(33)36)41-43-39(29-13-5-2-6-14-29)42-40(44-41)31-21-20-28-19-18-27-12-7-8-15-32(27)35(28)24-31/h1-25,41H,(H,42,43,44). The van der Waals surface area contributed by atoms with Crippen molar-refractivity contribution < 1.29 is 4.42 Å². The van der Waals surface area contributed by atoms with E-state index in [0.29, 0.717) is 5.84 Å². The van der Waals surface area contributed by atoms with Crippen molar-refractivity contribution >= 4 is 55.2 Å². The summed E-state index contributed by atoms with van der Waals surface area (Å²) in [5, 5.41) is 10.7. The first-order valence-electron chi connectivity index (χ1n) is 15.2. The number of fused-ring (bicyclic) bond motifs is 6. The van der Waals surface area contributed by atoms with Crippen molar-refractivity contribution in [3.8, 4) is 11.1 Å². The van der Waals surface area contributed by atoms with Crippen LogP contribution in [-0.2, 0) is 0 Å². The molecule has 4 heteroatoms.